The first-order chi connectivity index (χ1) is 18.0. The number of benzene rings is 5. The summed E-state index contributed by atoms with van der Waals surface area (Å²) in [6.45, 7) is 0. The quantitative estimate of drug-likeness (QED) is 0.244. The fraction of sp³-hybridized carbons (Fsp3) is 0.167. The molecule has 0 saturated heterocycles. The lowest BCUT2D eigenvalue weighted by atomic mass is 9.93. The minimum atomic E-state index is -0.278. The van der Waals surface area contributed by atoms with Crippen LogP contribution in [0.3, 0.4) is 0 Å². The van der Waals surface area contributed by atoms with Crippen molar-refractivity contribution in [2.24, 2.45) is 7.05 Å². The molecular formula is C30H25FN2O4. The van der Waals surface area contributed by atoms with Crippen LogP contribution in [0.5, 0.6) is 23.0 Å². The highest BCUT2D eigenvalue weighted by Crippen LogP contribution is 2.45. The molecule has 7 heteroatoms. The molecule has 0 aliphatic heterocycles. The second kappa shape index (κ2) is 8.55. The molecule has 0 aliphatic rings. The molecule has 6 rings (SSSR count). The largest absolute Gasteiger partial charge is 0.493 e. The lowest BCUT2D eigenvalue weighted by Crippen LogP contribution is -1.95. The van der Waals surface area contributed by atoms with Gasteiger partial charge in [0.25, 0.3) is 0 Å². The normalized spacial score (nSPS) is 11.5. The van der Waals surface area contributed by atoms with Crippen LogP contribution in [0.4, 0.5) is 4.39 Å². The van der Waals surface area contributed by atoms with E-state index in [9.17, 15) is 4.39 Å². The molecule has 0 amide bonds. The molecule has 0 aliphatic carbocycles. The average molecular weight is 497 g/mol. The van der Waals surface area contributed by atoms with E-state index in [0.717, 1.165) is 54.7 Å². The van der Waals surface area contributed by atoms with Crippen LogP contribution in [0.15, 0.2) is 60.7 Å². The van der Waals surface area contributed by atoms with Crippen LogP contribution >= 0.6 is 0 Å². The van der Waals surface area contributed by atoms with Crippen molar-refractivity contribution in [3.8, 4) is 34.4 Å². The molecule has 0 N–H and O–H groups in total. The van der Waals surface area contributed by atoms with Crippen LogP contribution < -0.4 is 18.9 Å². The number of aromatic nitrogens is 2. The Kier molecular flexibility index (Phi) is 5.30. The maximum absolute atomic E-state index is 13.6. The summed E-state index contributed by atoms with van der Waals surface area (Å²) in [5.41, 5.74) is 2.64. The van der Waals surface area contributed by atoms with Gasteiger partial charge in [0.2, 0.25) is 0 Å². The highest BCUT2D eigenvalue weighted by Gasteiger charge is 2.19. The van der Waals surface area contributed by atoms with E-state index in [4.69, 9.17) is 23.9 Å². The summed E-state index contributed by atoms with van der Waals surface area (Å²) in [7, 11) is 8.50. The van der Waals surface area contributed by atoms with Crippen molar-refractivity contribution < 1.29 is 23.3 Å². The van der Waals surface area contributed by atoms with E-state index in [0.29, 0.717) is 23.0 Å². The van der Waals surface area contributed by atoms with Crippen LogP contribution in [0, 0.1) is 5.82 Å². The summed E-state index contributed by atoms with van der Waals surface area (Å²) in [6, 6.07) is 18.6. The number of rotatable bonds is 5. The Morgan fingerprint density at radius 1 is 0.595 bits per heavy atom. The molecule has 1 heterocycles. The van der Waals surface area contributed by atoms with Crippen LogP contribution in [-0.4, -0.2) is 38.0 Å². The van der Waals surface area contributed by atoms with Gasteiger partial charge in [0, 0.05) is 12.6 Å². The van der Waals surface area contributed by atoms with Crippen LogP contribution in [0.2, 0.25) is 0 Å². The third-order valence-electron chi connectivity index (χ3n) is 7.04. The van der Waals surface area contributed by atoms with Crippen LogP contribution in [0.25, 0.3) is 54.7 Å². The van der Waals surface area contributed by atoms with E-state index in [1.165, 1.54) is 12.1 Å². The molecule has 0 radical (unpaired) electrons. The van der Waals surface area contributed by atoms with Gasteiger partial charge < -0.3 is 23.5 Å². The summed E-state index contributed by atoms with van der Waals surface area (Å²) < 4.78 is 38.2. The number of fused-ring (bicyclic) bond motifs is 7. The van der Waals surface area contributed by atoms with Gasteiger partial charge in [0.1, 0.15) is 11.6 Å². The van der Waals surface area contributed by atoms with Gasteiger partial charge in [-0.2, -0.15) is 0 Å². The lowest BCUT2D eigenvalue weighted by Gasteiger charge is -2.16. The minimum absolute atomic E-state index is 0.278. The maximum Gasteiger partial charge on any atom is 0.161 e. The van der Waals surface area contributed by atoms with Gasteiger partial charge in [-0.05, 0) is 93.0 Å². The highest BCUT2D eigenvalue weighted by atomic mass is 19.1. The molecule has 0 atom stereocenters. The van der Waals surface area contributed by atoms with Crippen molar-refractivity contribution in [3.05, 3.63) is 66.5 Å². The highest BCUT2D eigenvalue weighted by molar-refractivity contribution is 6.28. The van der Waals surface area contributed by atoms with E-state index in [1.807, 2.05) is 35.9 Å². The first-order valence-corrected chi connectivity index (χ1v) is 11.8. The van der Waals surface area contributed by atoms with Crippen LogP contribution in [-0.2, 0) is 7.05 Å². The number of aryl methyl sites for hydroxylation is 1. The number of imidazole rings is 1. The zero-order valence-electron chi connectivity index (χ0n) is 21.2. The maximum atomic E-state index is 13.6. The first-order valence-electron chi connectivity index (χ1n) is 11.8. The van der Waals surface area contributed by atoms with Crippen molar-refractivity contribution in [3.63, 3.8) is 0 Å². The van der Waals surface area contributed by atoms with Gasteiger partial charge >= 0.3 is 0 Å². The number of methoxy groups -OCH3 is 4. The third-order valence-corrected chi connectivity index (χ3v) is 7.04. The Morgan fingerprint density at radius 2 is 1.00 bits per heavy atom. The smallest absolute Gasteiger partial charge is 0.161 e. The van der Waals surface area contributed by atoms with Gasteiger partial charge in [-0.15, -0.1) is 0 Å². The number of hydrogen-bond acceptors (Lipinski definition) is 5. The molecule has 1 aromatic heterocycles. The second-order valence-electron chi connectivity index (χ2n) is 8.89. The molecule has 6 aromatic rings. The van der Waals surface area contributed by atoms with Crippen molar-refractivity contribution in [2.75, 3.05) is 28.4 Å². The van der Waals surface area contributed by atoms with Crippen molar-refractivity contribution in [1.82, 2.24) is 9.55 Å². The number of ether oxygens (including phenoxy) is 4. The monoisotopic (exact) mass is 496 g/mol. The molecule has 37 heavy (non-hydrogen) atoms. The molecule has 0 unspecified atom stereocenters. The van der Waals surface area contributed by atoms with Gasteiger partial charge in [-0.1, -0.05) is 0 Å². The van der Waals surface area contributed by atoms with Crippen LogP contribution in [0.1, 0.15) is 0 Å². The van der Waals surface area contributed by atoms with Gasteiger partial charge in [-0.25, -0.2) is 9.37 Å². The van der Waals surface area contributed by atoms with Crippen molar-refractivity contribution >= 4 is 43.4 Å². The molecule has 186 valence electrons. The van der Waals surface area contributed by atoms with E-state index in [1.54, 1.807) is 40.6 Å². The topological polar surface area (TPSA) is 54.7 Å². The summed E-state index contributed by atoms with van der Waals surface area (Å²) in [4.78, 5) is 4.93. The zero-order valence-corrected chi connectivity index (χ0v) is 21.2. The Hall–Kier alpha value is -4.52. The molecule has 0 fully saturated rings. The summed E-state index contributed by atoms with van der Waals surface area (Å²) in [5, 5.41) is 6.07. The van der Waals surface area contributed by atoms with Gasteiger partial charge in [0.05, 0.1) is 39.5 Å². The average Bonchev–Trinajstić information content (AvgIpc) is 3.26. The Labute approximate surface area is 212 Å². The molecule has 0 bridgehead atoms. The number of hydrogen-bond donors (Lipinski definition) is 0. The standard InChI is InChI=1S/C30H25FN2O4/c1-33-25-11-19-18(10-24(25)32-30(33)16-6-8-17(31)9-7-16)20-12-26(34-2)28(36-4)14-22(20)23-15-29(37-5)27(35-3)13-21(19)23/h6-15H,1-5H3. The predicted molar refractivity (Wildman–Crippen MR) is 145 cm³/mol. The number of halogens is 1. The fourth-order valence-corrected chi connectivity index (χ4v) is 5.19. The predicted octanol–water partition coefficient (Wildman–Crippen LogP) is 6.87. The Balaban J connectivity index is 1.79. The molecule has 0 spiro atoms. The van der Waals surface area contributed by atoms with E-state index in [2.05, 4.69) is 12.1 Å². The summed E-state index contributed by atoms with van der Waals surface area (Å²) in [6.07, 6.45) is 0. The molecule has 6 nitrogen and oxygen atoms in total. The van der Waals surface area contributed by atoms with Crippen molar-refractivity contribution in [2.45, 2.75) is 0 Å². The second-order valence-corrected chi connectivity index (χ2v) is 8.89. The van der Waals surface area contributed by atoms with E-state index < -0.39 is 0 Å². The molecular weight excluding hydrogens is 471 g/mol. The lowest BCUT2D eigenvalue weighted by molar-refractivity contribution is 0.355. The fourth-order valence-electron chi connectivity index (χ4n) is 5.19. The minimum Gasteiger partial charge on any atom is -0.493 e. The zero-order chi connectivity index (χ0) is 25.8. The molecule has 5 aromatic carbocycles. The summed E-state index contributed by atoms with van der Waals surface area (Å²) in [5.74, 6) is 3.06. The summed E-state index contributed by atoms with van der Waals surface area (Å²) >= 11 is 0. The van der Waals surface area contributed by atoms with Gasteiger partial charge in [-0.3, -0.25) is 0 Å². The third kappa shape index (κ3) is 3.42. The Morgan fingerprint density at radius 3 is 1.43 bits per heavy atom. The molecule has 0 saturated carbocycles. The van der Waals surface area contributed by atoms with Gasteiger partial charge in [0.15, 0.2) is 23.0 Å². The first kappa shape index (κ1) is 22.9. The Bertz CT molecular complexity index is 1840. The van der Waals surface area contributed by atoms with Crippen molar-refractivity contribution in [1.29, 1.82) is 0 Å². The number of nitrogens with zero attached hydrogens (tertiary/aromatic N) is 2. The van der Waals surface area contributed by atoms with E-state index in [-0.39, 0.29) is 5.82 Å². The SMILES string of the molecule is COc1cc2c3cc(OC)c(OC)cc3c3cc4c(cc3c2cc1OC)nc(-c1ccc(F)cc1)n4C. The van der Waals surface area contributed by atoms with E-state index >= 15 is 0 Å².